The van der Waals surface area contributed by atoms with Gasteiger partial charge in [-0.05, 0) is 34.5 Å². The Labute approximate surface area is 109 Å². The van der Waals surface area contributed by atoms with Crippen molar-refractivity contribution in [3.63, 3.8) is 0 Å². The molecular formula is C10H10BrF3N2O2. The molecule has 0 bridgehead atoms. The Morgan fingerprint density at radius 1 is 1.50 bits per heavy atom. The van der Waals surface area contributed by atoms with E-state index in [0.29, 0.717) is 17.0 Å². The van der Waals surface area contributed by atoms with Crippen LogP contribution in [0.2, 0.25) is 0 Å². The third-order valence-corrected chi connectivity index (χ3v) is 2.84. The highest BCUT2D eigenvalue weighted by molar-refractivity contribution is 9.10. The summed E-state index contributed by atoms with van der Waals surface area (Å²) in [5.74, 6) is -1.97. The van der Waals surface area contributed by atoms with E-state index < -0.39 is 17.7 Å². The van der Waals surface area contributed by atoms with Crippen LogP contribution < -0.4 is 5.32 Å². The number of nitrogens with one attached hydrogen (secondary N) is 1. The van der Waals surface area contributed by atoms with Gasteiger partial charge in [0, 0.05) is 23.4 Å². The van der Waals surface area contributed by atoms with Gasteiger partial charge in [-0.15, -0.1) is 0 Å². The summed E-state index contributed by atoms with van der Waals surface area (Å²) in [4.78, 5) is 14.5. The maximum absolute atomic E-state index is 12.7. The Kier molecular flexibility index (Phi) is 4.33. The highest BCUT2D eigenvalue weighted by Gasteiger charge is 2.57. The van der Waals surface area contributed by atoms with Crippen molar-refractivity contribution in [2.24, 2.45) is 0 Å². The number of aliphatic carboxylic acids is 1. The molecule has 0 aliphatic rings. The topological polar surface area (TPSA) is 62.2 Å². The number of carboxylic acids is 1. The monoisotopic (exact) mass is 326 g/mol. The number of carboxylic acid groups (broad SMARTS) is 1. The van der Waals surface area contributed by atoms with Crippen LogP contribution in [0.4, 0.5) is 13.2 Å². The van der Waals surface area contributed by atoms with Gasteiger partial charge in [-0.1, -0.05) is 0 Å². The lowest BCUT2D eigenvalue weighted by Gasteiger charge is -2.28. The summed E-state index contributed by atoms with van der Waals surface area (Å²) in [5.41, 5.74) is -2.55. The Bertz CT molecular complexity index is 453. The van der Waals surface area contributed by atoms with Gasteiger partial charge in [0.25, 0.3) is 0 Å². The Balaban J connectivity index is 2.85. The van der Waals surface area contributed by atoms with Gasteiger partial charge in [0.15, 0.2) is 0 Å². The van der Waals surface area contributed by atoms with Gasteiger partial charge in [0.05, 0.1) is 0 Å². The van der Waals surface area contributed by atoms with Gasteiger partial charge in [-0.2, -0.15) is 13.2 Å². The first-order valence-corrected chi connectivity index (χ1v) is 5.60. The second kappa shape index (κ2) is 5.23. The number of aromatic nitrogens is 1. The normalized spacial score (nSPS) is 15.2. The van der Waals surface area contributed by atoms with Crippen molar-refractivity contribution >= 4 is 21.9 Å². The molecule has 8 heteroatoms. The summed E-state index contributed by atoms with van der Waals surface area (Å²) in [5, 5.41) is 10.7. The molecule has 0 spiro atoms. The summed E-state index contributed by atoms with van der Waals surface area (Å²) in [6.45, 7) is 0.329. The molecule has 1 unspecified atom stereocenters. The Hall–Kier alpha value is -1.15. The first kappa shape index (κ1) is 14.9. The molecule has 0 radical (unpaired) electrons. The van der Waals surface area contributed by atoms with Crippen LogP contribution in [0.5, 0.6) is 0 Å². The molecule has 0 saturated heterocycles. The van der Waals surface area contributed by atoms with Crippen LogP contribution in [-0.4, -0.2) is 27.8 Å². The van der Waals surface area contributed by atoms with E-state index in [1.807, 2.05) is 5.32 Å². The second-order valence-electron chi connectivity index (χ2n) is 3.79. The van der Waals surface area contributed by atoms with E-state index in [4.69, 9.17) is 5.11 Å². The second-order valence-corrected chi connectivity index (χ2v) is 4.71. The molecule has 0 fully saturated rings. The Morgan fingerprint density at radius 2 is 2.11 bits per heavy atom. The minimum Gasteiger partial charge on any atom is -0.480 e. The van der Waals surface area contributed by atoms with Crippen LogP contribution in [0.3, 0.4) is 0 Å². The highest BCUT2D eigenvalue weighted by Crippen LogP contribution is 2.30. The van der Waals surface area contributed by atoms with E-state index in [1.165, 1.54) is 12.4 Å². The number of hydrogen-bond acceptors (Lipinski definition) is 3. The fourth-order valence-electron chi connectivity index (χ4n) is 1.13. The number of halogens is 4. The lowest BCUT2D eigenvalue weighted by atomic mass is 10.0. The molecule has 0 saturated carbocycles. The molecule has 100 valence electrons. The molecule has 1 aromatic heterocycles. The quantitative estimate of drug-likeness (QED) is 0.891. The fraction of sp³-hybridized carbons (Fsp3) is 0.400. The van der Waals surface area contributed by atoms with E-state index in [-0.39, 0.29) is 6.54 Å². The largest absolute Gasteiger partial charge is 0.480 e. The lowest BCUT2D eigenvalue weighted by molar-refractivity contribution is -0.206. The number of alkyl halides is 3. The van der Waals surface area contributed by atoms with Crippen molar-refractivity contribution < 1.29 is 23.1 Å². The molecule has 1 heterocycles. The fourth-order valence-corrected chi connectivity index (χ4v) is 1.54. The number of nitrogens with zero attached hydrogens (tertiary/aromatic N) is 1. The molecule has 1 rings (SSSR count). The molecular weight excluding hydrogens is 317 g/mol. The minimum atomic E-state index is -4.89. The van der Waals surface area contributed by atoms with Gasteiger partial charge in [-0.25, -0.2) is 4.79 Å². The van der Waals surface area contributed by atoms with E-state index in [0.717, 1.165) is 0 Å². The first-order chi connectivity index (χ1) is 8.17. The minimum absolute atomic E-state index is 0.255. The summed E-state index contributed by atoms with van der Waals surface area (Å²) < 4.78 is 38.6. The van der Waals surface area contributed by atoms with Gasteiger partial charge >= 0.3 is 12.1 Å². The molecule has 0 aliphatic heterocycles. The van der Waals surface area contributed by atoms with Crippen molar-refractivity contribution in [1.29, 1.82) is 0 Å². The molecule has 18 heavy (non-hydrogen) atoms. The molecule has 4 nitrogen and oxygen atoms in total. The van der Waals surface area contributed by atoms with Crippen molar-refractivity contribution in [1.82, 2.24) is 10.3 Å². The van der Waals surface area contributed by atoms with Gasteiger partial charge in [0.2, 0.25) is 5.54 Å². The molecule has 0 aromatic carbocycles. The standard InChI is InChI=1S/C10H10BrF3N2O2/c1-9(8(17)18,10(12,13)14)16-4-6-2-7(11)5-15-3-6/h2-3,5,16H,4H2,1H3,(H,17,18). The Morgan fingerprint density at radius 3 is 2.56 bits per heavy atom. The molecule has 0 amide bonds. The number of pyridine rings is 1. The SMILES string of the molecule is CC(NCc1cncc(Br)c1)(C(=O)O)C(F)(F)F. The van der Waals surface area contributed by atoms with Crippen LogP contribution in [0, 0.1) is 0 Å². The van der Waals surface area contributed by atoms with E-state index in [1.54, 1.807) is 6.07 Å². The predicted octanol–water partition coefficient (Wildman–Crippen LogP) is 2.34. The van der Waals surface area contributed by atoms with E-state index in [9.17, 15) is 18.0 Å². The van der Waals surface area contributed by atoms with Crippen LogP contribution in [0.25, 0.3) is 0 Å². The van der Waals surface area contributed by atoms with Gasteiger partial charge in [0.1, 0.15) is 0 Å². The number of rotatable bonds is 4. The van der Waals surface area contributed by atoms with Crippen molar-refractivity contribution in [3.05, 3.63) is 28.5 Å². The molecule has 0 aliphatic carbocycles. The van der Waals surface area contributed by atoms with E-state index in [2.05, 4.69) is 20.9 Å². The van der Waals surface area contributed by atoms with Gasteiger partial charge < -0.3 is 5.11 Å². The van der Waals surface area contributed by atoms with Crippen molar-refractivity contribution in [2.75, 3.05) is 0 Å². The third kappa shape index (κ3) is 3.20. The average Bonchev–Trinajstić information content (AvgIpc) is 2.24. The third-order valence-electron chi connectivity index (χ3n) is 2.40. The summed E-state index contributed by atoms with van der Waals surface area (Å²) in [7, 11) is 0. The maximum Gasteiger partial charge on any atom is 0.417 e. The number of carbonyl (C=O) groups is 1. The van der Waals surface area contributed by atoms with Crippen LogP contribution >= 0.6 is 15.9 Å². The lowest BCUT2D eigenvalue weighted by Crippen LogP contribution is -2.59. The van der Waals surface area contributed by atoms with Gasteiger partial charge in [-0.3, -0.25) is 10.3 Å². The van der Waals surface area contributed by atoms with Crippen molar-refractivity contribution in [3.8, 4) is 0 Å². The first-order valence-electron chi connectivity index (χ1n) is 4.81. The molecule has 2 N–H and O–H groups in total. The summed E-state index contributed by atoms with van der Waals surface area (Å²) in [6, 6.07) is 1.55. The highest BCUT2D eigenvalue weighted by atomic mass is 79.9. The summed E-state index contributed by atoms with van der Waals surface area (Å²) in [6.07, 6.45) is -2.06. The maximum atomic E-state index is 12.7. The smallest absolute Gasteiger partial charge is 0.417 e. The zero-order valence-electron chi connectivity index (χ0n) is 9.25. The molecule has 1 aromatic rings. The van der Waals surface area contributed by atoms with Crippen LogP contribution in [0.1, 0.15) is 12.5 Å². The predicted molar refractivity (Wildman–Crippen MR) is 60.9 cm³/mol. The zero-order chi connectivity index (χ0) is 14.0. The zero-order valence-corrected chi connectivity index (χ0v) is 10.8. The average molecular weight is 327 g/mol. The summed E-state index contributed by atoms with van der Waals surface area (Å²) >= 11 is 3.12. The van der Waals surface area contributed by atoms with Crippen LogP contribution in [0.15, 0.2) is 22.9 Å². The molecule has 1 atom stereocenters. The van der Waals surface area contributed by atoms with E-state index >= 15 is 0 Å². The van der Waals surface area contributed by atoms with Crippen LogP contribution in [-0.2, 0) is 11.3 Å². The van der Waals surface area contributed by atoms with Crippen molar-refractivity contribution in [2.45, 2.75) is 25.2 Å². The number of hydrogen-bond donors (Lipinski definition) is 2.